The summed E-state index contributed by atoms with van der Waals surface area (Å²) in [7, 11) is 1.60. The Hall–Kier alpha value is -3.35. The first-order valence-electron chi connectivity index (χ1n) is 10.7. The van der Waals surface area contributed by atoms with Gasteiger partial charge < -0.3 is 14.8 Å². The van der Waals surface area contributed by atoms with Gasteiger partial charge in [-0.05, 0) is 43.2 Å². The van der Waals surface area contributed by atoms with Crippen LogP contribution in [0.2, 0.25) is 0 Å². The van der Waals surface area contributed by atoms with Crippen LogP contribution in [-0.4, -0.2) is 35.7 Å². The average Bonchev–Trinajstić information content (AvgIpc) is 2.77. The van der Waals surface area contributed by atoms with Crippen LogP contribution in [0.15, 0.2) is 47.3 Å². The quantitative estimate of drug-likeness (QED) is 0.618. The zero-order chi connectivity index (χ0) is 21.6. The number of rotatable bonds is 6. The predicted octanol–water partition coefficient (Wildman–Crippen LogP) is 3.33. The monoisotopic (exact) mass is 421 g/mol. The highest BCUT2D eigenvalue weighted by molar-refractivity contribution is 5.97. The van der Waals surface area contributed by atoms with Crippen LogP contribution < -0.4 is 20.3 Å². The minimum Gasteiger partial charge on any atom is -0.497 e. The van der Waals surface area contributed by atoms with Gasteiger partial charge in [0.1, 0.15) is 23.9 Å². The highest BCUT2D eigenvalue weighted by Crippen LogP contribution is 2.19. The molecule has 1 aliphatic rings. The lowest BCUT2D eigenvalue weighted by Crippen LogP contribution is -2.29. The fourth-order valence-electron chi connectivity index (χ4n) is 3.86. The van der Waals surface area contributed by atoms with Crippen LogP contribution in [0.4, 0.5) is 0 Å². The van der Waals surface area contributed by atoms with E-state index < -0.39 is 0 Å². The maximum atomic E-state index is 12.9. The summed E-state index contributed by atoms with van der Waals surface area (Å²) < 4.78 is 12.6. The van der Waals surface area contributed by atoms with E-state index in [0.29, 0.717) is 41.9 Å². The van der Waals surface area contributed by atoms with E-state index in [4.69, 9.17) is 14.5 Å². The van der Waals surface area contributed by atoms with E-state index in [-0.39, 0.29) is 11.5 Å². The molecule has 0 spiro atoms. The van der Waals surface area contributed by atoms with Gasteiger partial charge in [0.05, 0.1) is 24.6 Å². The number of benzene rings is 2. The van der Waals surface area contributed by atoms with E-state index in [0.717, 1.165) is 43.7 Å². The Kier molecular flexibility index (Phi) is 6.50. The molecule has 0 saturated heterocycles. The molecule has 2 heterocycles. The Morgan fingerprint density at radius 1 is 1.10 bits per heavy atom. The molecule has 0 fully saturated rings. The molecule has 3 aromatic rings. The highest BCUT2D eigenvalue weighted by Gasteiger charge is 2.15. The standard InChI is InChI=1S/C24H27N3O4/c1-30-18-7-6-8-19(16-18)31-14-12-25-23(28)17-10-11-20-21(15-17)26-22-9-4-2-3-5-13-27(22)24(20)29/h6-8,10-11,15-16H,2-5,9,12-14H2,1H3,(H,25,28). The third-order valence-corrected chi connectivity index (χ3v) is 5.53. The molecule has 0 radical (unpaired) electrons. The second kappa shape index (κ2) is 9.64. The number of hydrogen-bond donors (Lipinski definition) is 1. The van der Waals surface area contributed by atoms with Crippen molar-refractivity contribution in [3.8, 4) is 11.5 Å². The highest BCUT2D eigenvalue weighted by atomic mass is 16.5. The number of methoxy groups -OCH3 is 1. The van der Waals surface area contributed by atoms with Crippen LogP contribution >= 0.6 is 0 Å². The summed E-state index contributed by atoms with van der Waals surface area (Å²) in [5.41, 5.74) is 1.05. The molecule has 1 aliphatic heterocycles. The summed E-state index contributed by atoms with van der Waals surface area (Å²) >= 11 is 0. The largest absolute Gasteiger partial charge is 0.497 e. The van der Waals surface area contributed by atoms with Crippen molar-refractivity contribution in [3.05, 3.63) is 64.2 Å². The van der Waals surface area contributed by atoms with Crippen molar-refractivity contribution in [2.24, 2.45) is 0 Å². The van der Waals surface area contributed by atoms with E-state index in [1.807, 2.05) is 18.2 Å². The van der Waals surface area contributed by atoms with Gasteiger partial charge in [-0.25, -0.2) is 4.98 Å². The number of carbonyl (C=O) groups excluding carboxylic acids is 1. The van der Waals surface area contributed by atoms with Crippen molar-refractivity contribution in [2.75, 3.05) is 20.3 Å². The second-order valence-electron chi connectivity index (χ2n) is 7.66. The van der Waals surface area contributed by atoms with Crippen molar-refractivity contribution in [1.82, 2.24) is 14.9 Å². The van der Waals surface area contributed by atoms with Crippen LogP contribution in [-0.2, 0) is 13.0 Å². The molecule has 4 rings (SSSR count). The minimum atomic E-state index is -0.218. The summed E-state index contributed by atoms with van der Waals surface area (Å²) in [6.07, 6.45) is 5.13. The number of carbonyl (C=O) groups is 1. The second-order valence-corrected chi connectivity index (χ2v) is 7.66. The Bertz CT molecular complexity index is 1140. The van der Waals surface area contributed by atoms with Gasteiger partial charge in [-0.15, -0.1) is 0 Å². The van der Waals surface area contributed by atoms with Crippen LogP contribution in [0.3, 0.4) is 0 Å². The number of nitrogens with one attached hydrogen (secondary N) is 1. The number of amides is 1. The van der Waals surface area contributed by atoms with Crippen molar-refractivity contribution in [1.29, 1.82) is 0 Å². The fraction of sp³-hybridized carbons (Fsp3) is 0.375. The normalized spacial score (nSPS) is 13.7. The first-order chi connectivity index (χ1) is 15.2. The lowest BCUT2D eigenvalue weighted by atomic mass is 10.1. The summed E-state index contributed by atoms with van der Waals surface area (Å²) in [5, 5.41) is 3.41. The van der Waals surface area contributed by atoms with Crippen molar-refractivity contribution in [2.45, 2.75) is 38.6 Å². The number of hydrogen-bond acceptors (Lipinski definition) is 5. The minimum absolute atomic E-state index is 0.0134. The zero-order valence-electron chi connectivity index (χ0n) is 17.7. The summed E-state index contributed by atoms with van der Waals surface area (Å²) in [5.74, 6) is 2.00. The van der Waals surface area contributed by atoms with Gasteiger partial charge in [0.2, 0.25) is 0 Å². The zero-order valence-corrected chi connectivity index (χ0v) is 17.7. The van der Waals surface area contributed by atoms with Crippen molar-refractivity contribution < 1.29 is 14.3 Å². The Morgan fingerprint density at radius 2 is 1.94 bits per heavy atom. The number of aromatic nitrogens is 2. The molecule has 7 heteroatoms. The smallest absolute Gasteiger partial charge is 0.261 e. The third-order valence-electron chi connectivity index (χ3n) is 5.53. The maximum Gasteiger partial charge on any atom is 0.261 e. The lowest BCUT2D eigenvalue weighted by molar-refractivity contribution is 0.0947. The SMILES string of the molecule is COc1cccc(OCCNC(=O)c2ccc3c(=O)n4c(nc3c2)CCCCCC4)c1. The Morgan fingerprint density at radius 3 is 2.81 bits per heavy atom. The topological polar surface area (TPSA) is 82.5 Å². The Balaban J connectivity index is 1.43. The number of fused-ring (bicyclic) bond motifs is 2. The van der Waals surface area contributed by atoms with Gasteiger partial charge in [0, 0.05) is 24.6 Å². The molecule has 162 valence electrons. The van der Waals surface area contributed by atoms with Gasteiger partial charge in [-0.2, -0.15) is 0 Å². The van der Waals surface area contributed by atoms with Gasteiger partial charge in [0.15, 0.2) is 0 Å². The van der Waals surface area contributed by atoms with E-state index >= 15 is 0 Å². The van der Waals surface area contributed by atoms with Gasteiger partial charge in [-0.3, -0.25) is 14.2 Å². The molecule has 0 saturated carbocycles. The maximum absolute atomic E-state index is 12.9. The summed E-state index contributed by atoms with van der Waals surface area (Å²) in [4.78, 5) is 30.2. The molecular weight excluding hydrogens is 394 g/mol. The molecule has 1 amide bonds. The molecule has 1 N–H and O–H groups in total. The van der Waals surface area contributed by atoms with Crippen molar-refractivity contribution >= 4 is 16.8 Å². The molecule has 31 heavy (non-hydrogen) atoms. The van der Waals surface area contributed by atoms with E-state index in [1.54, 1.807) is 35.9 Å². The first kappa shape index (κ1) is 20.9. The molecule has 0 atom stereocenters. The number of aryl methyl sites for hydroxylation is 1. The van der Waals surface area contributed by atoms with E-state index in [1.165, 1.54) is 0 Å². The molecule has 2 aromatic carbocycles. The molecule has 0 bridgehead atoms. The van der Waals surface area contributed by atoms with Crippen LogP contribution in [0.1, 0.15) is 41.9 Å². The Labute approximate surface area is 181 Å². The van der Waals surface area contributed by atoms with E-state index in [9.17, 15) is 9.59 Å². The molecule has 1 aromatic heterocycles. The third kappa shape index (κ3) is 4.87. The molecule has 7 nitrogen and oxygen atoms in total. The van der Waals surface area contributed by atoms with Crippen molar-refractivity contribution in [3.63, 3.8) is 0 Å². The average molecular weight is 421 g/mol. The first-order valence-corrected chi connectivity index (χ1v) is 10.7. The van der Waals surface area contributed by atoms with Crippen LogP contribution in [0, 0.1) is 0 Å². The molecule has 0 unspecified atom stereocenters. The summed E-state index contributed by atoms with van der Waals surface area (Å²) in [6, 6.07) is 12.4. The van der Waals surface area contributed by atoms with Gasteiger partial charge >= 0.3 is 0 Å². The lowest BCUT2D eigenvalue weighted by Gasteiger charge is -2.16. The predicted molar refractivity (Wildman–Crippen MR) is 119 cm³/mol. The van der Waals surface area contributed by atoms with Crippen LogP contribution in [0.25, 0.3) is 10.9 Å². The van der Waals surface area contributed by atoms with Gasteiger partial charge in [-0.1, -0.05) is 18.9 Å². The summed E-state index contributed by atoms with van der Waals surface area (Å²) in [6.45, 7) is 1.40. The van der Waals surface area contributed by atoms with E-state index in [2.05, 4.69) is 5.32 Å². The number of ether oxygens (including phenoxy) is 2. The van der Waals surface area contributed by atoms with Crippen LogP contribution in [0.5, 0.6) is 11.5 Å². The number of nitrogens with zero attached hydrogens (tertiary/aromatic N) is 2. The fourth-order valence-corrected chi connectivity index (χ4v) is 3.86. The molecular formula is C24H27N3O4. The molecule has 0 aliphatic carbocycles. The van der Waals surface area contributed by atoms with Gasteiger partial charge in [0.25, 0.3) is 11.5 Å².